The average Bonchev–Trinajstić information content (AvgIpc) is 3.48. The number of hydrogen-bond acceptors (Lipinski definition) is 3. The number of anilines is 1. The van der Waals surface area contributed by atoms with Crippen molar-refractivity contribution < 1.29 is 9.59 Å². The van der Waals surface area contributed by atoms with Gasteiger partial charge in [0.05, 0.1) is 11.1 Å². The lowest BCUT2D eigenvalue weighted by Gasteiger charge is -2.47. The number of nitrogens with one attached hydrogen (secondary N) is 2. The van der Waals surface area contributed by atoms with E-state index < -0.39 is 11.0 Å². The highest BCUT2D eigenvalue weighted by Gasteiger charge is 2.74. The van der Waals surface area contributed by atoms with Gasteiger partial charge < -0.3 is 10.3 Å². The Balaban J connectivity index is 1.54. The molecule has 6 heteroatoms. The van der Waals surface area contributed by atoms with Crippen molar-refractivity contribution in [2.45, 2.75) is 24.3 Å². The minimum absolute atomic E-state index is 0.0195. The molecule has 1 aliphatic carbocycles. The van der Waals surface area contributed by atoms with E-state index >= 15 is 0 Å². The van der Waals surface area contributed by atoms with Crippen LogP contribution in [0.25, 0.3) is 10.9 Å². The number of fused-ring (bicyclic) bond motifs is 6. The monoisotopic (exact) mass is 481 g/mol. The van der Waals surface area contributed by atoms with Crippen LogP contribution in [0.1, 0.15) is 39.5 Å². The largest absolute Gasteiger partial charge is 0.352 e. The third-order valence-electron chi connectivity index (χ3n) is 8.65. The van der Waals surface area contributed by atoms with Crippen LogP contribution in [-0.2, 0) is 16.8 Å². The first-order valence-electron chi connectivity index (χ1n) is 12.0. The van der Waals surface area contributed by atoms with Gasteiger partial charge in [0.1, 0.15) is 5.54 Å². The van der Waals surface area contributed by atoms with Gasteiger partial charge in [0.15, 0.2) is 5.78 Å². The molecular formula is C29H24ClN3O2. The number of para-hydroxylation sites is 2. The van der Waals surface area contributed by atoms with Gasteiger partial charge in [-0.1, -0.05) is 60.1 Å². The molecule has 0 saturated carbocycles. The van der Waals surface area contributed by atoms with Crippen LogP contribution in [0.5, 0.6) is 0 Å². The molecule has 0 radical (unpaired) electrons. The van der Waals surface area contributed by atoms with Gasteiger partial charge in [-0.3, -0.25) is 14.5 Å². The molecule has 1 aromatic heterocycles. The summed E-state index contributed by atoms with van der Waals surface area (Å²) >= 11 is 6.23. The molecule has 0 unspecified atom stereocenters. The Morgan fingerprint density at radius 3 is 2.54 bits per heavy atom. The van der Waals surface area contributed by atoms with E-state index in [1.807, 2.05) is 73.8 Å². The van der Waals surface area contributed by atoms with Gasteiger partial charge in [-0.25, -0.2) is 0 Å². The second-order valence-corrected chi connectivity index (χ2v) is 10.5. The van der Waals surface area contributed by atoms with Crippen molar-refractivity contribution in [1.82, 2.24) is 9.88 Å². The molecule has 1 fully saturated rings. The minimum atomic E-state index is -1.10. The normalized spacial score (nSPS) is 27.5. The molecule has 3 heterocycles. The van der Waals surface area contributed by atoms with Gasteiger partial charge in [-0.15, -0.1) is 0 Å². The Morgan fingerprint density at radius 2 is 1.71 bits per heavy atom. The molecule has 5 nitrogen and oxygen atoms in total. The molecule has 1 amide bonds. The summed E-state index contributed by atoms with van der Waals surface area (Å²) in [6, 6.07) is 23.7. The van der Waals surface area contributed by atoms with Crippen LogP contribution in [0.2, 0.25) is 5.02 Å². The van der Waals surface area contributed by atoms with Crippen LogP contribution in [0.3, 0.4) is 0 Å². The molecule has 3 aliphatic rings. The second kappa shape index (κ2) is 7.06. The number of carbonyl (C=O) groups excluding carboxylic acids is 2. The third-order valence-corrected chi connectivity index (χ3v) is 8.90. The molecule has 4 aromatic rings. The summed E-state index contributed by atoms with van der Waals surface area (Å²) in [7, 11) is 1.98. The molecule has 7 rings (SSSR count). The zero-order chi connectivity index (χ0) is 23.9. The van der Waals surface area contributed by atoms with Crippen LogP contribution in [0.4, 0.5) is 5.69 Å². The van der Waals surface area contributed by atoms with E-state index in [2.05, 4.69) is 21.3 Å². The number of aryl methyl sites for hydroxylation is 1. The molecule has 2 N–H and O–H groups in total. The van der Waals surface area contributed by atoms with Gasteiger partial charge in [-0.2, -0.15) is 0 Å². The smallest absolute Gasteiger partial charge is 0.250 e. The topological polar surface area (TPSA) is 65.2 Å². The number of Topliss-reactive ketones (excluding diaryl/α,β-unsaturated/α-hetero) is 1. The maximum absolute atomic E-state index is 14.9. The zero-order valence-electron chi connectivity index (χ0n) is 19.3. The Bertz CT molecular complexity index is 1540. The van der Waals surface area contributed by atoms with E-state index in [1.165, 1.54) is 0 Å². The number of benzene rings is 3. The lowest BCUT2D eigenvalue weighted by molar-refractivity contribution is -0.130. The predicted octanol–water partition coefficient (Wildman–Crippen LogP) is 5.51. The van der Waals surface area contributed by atoms with Gasteiger partial charge in [0.2, 0.25) is 0 Å². The van der Waals surface area contributed by atoms with Crippen molar-refractivity contribution in [2.24, 2.45) is 5.41 Å². The second-order valence-electron chi connectivity index (χ2n) is 10.0. The van der Waals surface area contributed by atoms with Crippen LogP contribution in [0.15, 0.2) is 72.8 Å². The quantitative estimate of drug-likeness (QED) is 0.376. The third kappa shape index (κ3) is 2.42. The summed E-state index contributed by atoms with van der Waals surface area (Å²) in [6.45, 7) is 0.588. The Hall–Kier alpha value is -3.41. The average molecular weight is 482 g/mol. The number of rotatable bonds is 1. The van der Waals surface area contributed by atoms with Crippen molar-refractivity contribution in [3.8, 4) is 0 Å². The van der Waals surface area contributed by atoms with E-state index in [9.17, 15) is 9.59 Å². The van der Waals surface area contributed by atoms with E-state index in [-0.39, 0.29) is 17.6 Å². The Labute approximate surface area is 208 Å². The summed E-state index contributed by atoms with van der Waals surface area (Å²) in [4.78, 5) is 34.5. The Morgan fingerprint density at radius 1 is 0.971 bits per heavy atom. The summed E-state index contributed by atoms with van der Waals surface area (Å²) in [5.74, 6) is -0.273. The van der Waals surface area contributed by atoms with Crippen LogP contribution < -0.4 is 5.32 Å². The molecular weight excluding hydrogens is 458 g/mol. The number of aromatic amines is 1. The van der Waals surface area contributed by atoms with Gasteiger partial charge in [-0.05, 0) is 55.3 Å². The van der Waals surface area contributed by atoms with Crippen molar-refractivity contribution in [3.63, 3.8) is 0 Å². The first kappa shape index (κ1) is 20.9. The fourth-order valence-corrected chi connectivity index (χ4v) is 7.42. The number of H-pyrrole nitrogens is 1. The molecule has 2 spiro atoms. The van der Waals surface area contributed by atoms with E-state index in [4.69, 9.17) is 11.6 Å². The molecule has 1 saturated heterocycles. The lowest BCUT2D eigenvalue weighted by Crippen LogP contribution is -2.60. The number of hydrogen-bond donors (Lipinski definition) is 2. The van der Waals surface area contributed by atoms with Crippen LogP contribution >= 0.6 is 11.6 Å². The fourth-order valence-electron chi connectivity index (χ4n) is 7.30. The SMILES string of the molecule is CN1C[C@@H](c2ccc(Cl)cc2)[C@@]2(CCc3c([nH]c4ccccc34)C2=O)[C@]12C(=O)Nc1ccccc12. The number of halogens is 1. The van der Waals surface area contributed by atoms with Gasteiger partial charge >= 0.3 is 0 Å². The van der Waals surface area contributed by atoms with Crippen molar-refractivity contribution >= 4 is 39.9 Å². The number of ketones is 1. The number of carbonyl (C=O) groups is 2. The van der Waals surface area contributed by atoms with E-state index in [1.54, 1.807) is 0 Å². The highest BCUT2D eigenvalue weighted by molar-refractivity contribution is 6.30. The molecule has 2 aliphatic heterocycles. The fraction of sp³-hybridized carbons (Fsp3) is 0.241. The first-order valence-corrected chi connectivity index (χ1v) is 12.4. The molecule has 3 atom stereocenters. The maximum Gasteiger partial charge on any atom is 0.250 e. The summed E-state index contributed by atoms with van der Waals surface area (Å²) in [5, 5.41) is 4.86. The van der Waals surface area contributed by atoms with Gasteiger partial charge in [0.25, 0.3) is 5.91 Å². The van der Waals surface area contributed by atoms with Crippen LogP contribution in [-0.4, -0.2) is 35.2 Å². The summed E-state index contributed by atoms with van der Waals surface area (Å²) in [5.41, 5.74) is 3.30. The molecule has 0 bridgehead atoms. The van der Waals surface area contributed by atoms with E-state index in [0.29, 0.717) is 23.7 Å². The molecule has 174 valence electrons. The highest BCUT2D eigenvalue weighted by atomic mass is 35.5. The highest BCUT2D eigenvalue weighted by Crippen LogP contribution is 2.66. The first-order chi connectivity index (χ1) is 17.0. The lowest BCUT2D eigenvalue weighted by atomic mass is 9.54. The summed E-state index contributed by atoms with van der Waals surface area (Å²) in [6.07, 6.45) is 1.31. The number of aromatic nitrogens is 1. The predicted molar refractivity (Wildman–Crippen MR) is 137 cm³/mol. The number of amides is 1. The summed E-state index contributed by atoms with van der Waals surface area (Å²) < 4.78 is 0. The van der Waals surface area contributed by atoms with Gasteiger partial charge in [0, 0.05) is 39.6 Å². The maximum atomic E-state index is 14.9. The standard InChI is InChI=1S/C29H24ClN3O2/c1-33-16-22(17-10-12-18(30)13-11-17)28(29(33)21-7-3-5-9-24(21)32-27(29)35)15-14-20-19-6-2-4-8-23(19)31-25(20)26(28)34/h2-13,22,31H,14-16H2,1H3,(H,32,35)/t22-,28+,29-/m0/s1. The van der Waals surface area contributed by atoms with Crippen LogP contribution in [0, 0.1) is 5.41 Å². The number of likely N-dealkylation sites (tertiary alicyclic amines) is 1. The molecule has 3 aromatic carbocycles. The molecule has 35 heavy (non-hydrogen) atoms. The van der Waals surface area contributed by atoms with Crippen molar-refractivity contribution in [2.75, 3.05) is 18.9 Å². The zero-order valence-corrected chi connectivity index (χ0v) is 20.0. The number of likely N-dealkylation sites (N-methyl/N-ethyl adjacent to an activating group) is 1. The number of nitrogens with zero attached hydrogens (tertiary/aromatic N) is 1. The van der Waals surface area contributed by atoms with Crippen molar-refractivity contribution in [1.29, 1.82) is 0 Å². The van der Waals surface area contributed by atoms with E-state index in [0.717, 1.165) is 39.7 Å². The minimum Gasteiger partial charge on any atom is -0.352 e. The Kier molecular flexibility index (Phi) is 4.22. The van der Waals surface area contributed by atoms with Crippen molar-refractivity contribution in [3.05, 3.63) is 100 Å².